The minimum atomic E-state index is -1.66. The van der Waals surface area contributed by atoms with Gasteiger partial charge in [-0.3, -0.25) is 18.7 Å². The summed E-state index contributed by atoms with van der Waals surface area (Å²) < 4.78 is 18.3. The topological polar surface area (TPSA) is 92.8 Å². The van der Waals surface area contributed by atoms with Crippen LogP contribution in [0.15, 0.2) is 83.4 Å². The quantitative estimate of drug-likeness (QED) is 0.538. The van der Waals surface area contributed by atoms with Crippen LogP contribution in [-0.2, 0) is 42.9 Å². The number of fused-ring (bicyclic) bond motifs is 1. The van der Waals surface area contributed by atoms with Crippen molar-refractivity contribution in [3.8, 4) is 0 Å². The van der Waals surface area contributed by atoms with Crippen LogP contribution in [0.5, 0.6) is 0 Å². The molecule has 0 spiro atoms. The number of carbonyl (C=O) groups is 3. The first-order chi connectivity index (χ1) is 15.4. The zero-order valence-electron chi connectivity index (χ0n) is 17.4. The number of hydrogen-bond donors (Lipinski definition) is 1. The number of allylic oxidation sites excluding steroid dienone is 1. The molecule has 3 atom stereocenters. The molecule has 1 N–H and O–H groups in total. The fourth-order valence-corrected chi connectivity index (χ4v) is 5.23. The van der Waals surface area contributed by atoms with Crippen molar-refractivity contribution in [2.24, 2.45) is 0 Å². The number of nitrogens with zero attached hydrogens (tertiary/aromatic N) is 1. The molecule has 7 nitrogen and oxygen atoms in total. The van der Waals surface area contributed by atoms with Crippen molar-refractivity contribution in [2.75, 3.05) is 0 Å². The minimum Gasteiger partial charge on any atom is -0.456 e. The Kier molecular flexibility index (Phi) is 6.05. The standard InChI is InChI=1S/C24H22N2O5S/c1-15-16(2)32(30)23-20(25-19(27)13-17-9-5-3-6-10-17)22(28)26(23)21(15)24(29)31-14-18-11-7-4-8-12-18/h3-12,20,23H,2,13-14H2,1H3,(H,25,27)/t20-,23-,32?/m1/s1. The summed E-state index contributed by atoms with van der Waals surface area (Å²) in [5.41, 5.74) is 1.97. The number of esters is 1. The van der Waals surface area contributed by atoms with Crippen molar-refractivity contribution < 1.29 is 23.3 Å². The van der Waals surface area contributed by atoms with Gasteiger partial charge in [0.2, 0.25) is 5.91 Å². The van der Waals surface area contributed by atoms with E-state index in [-0.39, 0.29) is 29.5 Å². The highest BCUT2D eigenvalue weighted by atomic mass is 32.2. The molecule has 1 fully saturated rings. The molecule has 164 valence electrons. The minimum absolute atomic E-state index is 0.0223. The lowest BCUT2D eigenvalue weighted by atomic mass is 10.0. The predicted molar refractivity (Wildman–Crippen MR) is 119 cm³/mol. The molecule has 1 unspecified atom stereocenters. The first-order valence-corrected chi connectivity index (χ1v) is 11.3. The average Bonchev–Trinajstić information content (AvgIpc) is 2.81. The van der Waals surface area contributed by atoms with Crippen molar-refractivity contribution >= 4 is 28.6 Å². The Morgan fingerprint density at radius 1 is 1.06 bits per heavy atom. The molecular weight excluding hydrogens is 428 g/mol. The van der Waals surface area contributed by atoms with Crippen LogP contribution >= 0.6 is 0 Å². The maximum Gasteiger partial charge on any atom is 0.355 e. The fraction of sp³-hybridized carbons (Fsp3) is 0.208. The number of ether oxygens (including phenoxy) is 1. The van der Waals surface area contributed by atoms with E-state index in [0.29, 0.717) is 5.57 Å². The summed E-state index contributed by atoms with van der Waals surface area (Å²) in [6.45, 7) is 5.46. The third-order valence-corrected chi connectivity index (χ3v) is 7.16. The van der Waals surface area contributed by atoms with E-state index < -0.39 is 34.1 Å². The van der Waals surface area contributed by atoms with Gasteiger partial charge in [0.05, 0.1) is 17.2 Å². The Balaban J connectivity index is 1.49. The second-order valence-corrected chi connectivity index (χ2v) is 9.13. The molecule has 2 amide bonds. The number of hydrogen-bond acceptors (Lipinski definition) is 5. The Morgan fingerprint density at radius 3 is 2.28 bits per heavy atom. The molecule has 0 aliphatic carbocycles. The third kappa shape index (κ3) is 4.01. The van der Waals surface area contributed by atoms with Crippen LogP contribution in [0, 0.1) is 0 Å². The zero-order valence-corrected chi connectivity index (χ0v) is 18.3. The van der Waals surface area contributed by atoms with Gasteiger partial charge in [0, 0.05) is 4.91 Å². The van der Waals surface area contributed by atoms with Crippen LogP contribution in [-0.4, -0.2) is 38.3 Å². The lowest BCUT2D eigenvalue weighted by molar-refractivity contribution is -0.153. The fourth-order valence-electron chi connectivity index (χ4n) is 3.71. The molecule has 2 aliphatic heterocycles. The van der Waals surface area contributed by atoms with E-state index in [9.17, 15) is 18.6 Å². The summed E-state index contributed by atoms with van der Waals surface area (Å²) in [6, 6.07) is 17.3. The maximum absolute atomic E-state index is 12.9. The number of benzene rings is 2. The highest BCUT2D eigenvalue weighted by molar-refractivity contribution is 7.90. The van der Waals surface area contributed by atoms with E-state index in [1.807, 2.05) is 60.7 Å². The summed E-state index contributed by atoms with van der Waals surface area (Å²) in [5, 5.41) is 1.77. The van der Waals surface area contributed by atoms with Crippen LogP contribution in [0.25, 0.3) is 0 Å². The summed E-state index contributed by atoms with van der Waals surface area (Å²) in [4.78, 5) is 39.6. The number of carbonyl (C=O) groups excluding carboxylic acids is 3. The summed E-state index contributed by atoms with van der Waals surface area (Å²) in [6.07, 6.45) is 0.0891. The Bertz CT molecular complexity index is 1140. The normalized spacial score (nSPS) is 22.2. The van der Waals surface area contributed by atoms with Gasteiger partial charge in [-0.25, -0.2) is 4.79 Å². The van der Waals surface area contributed by atoms with Gasteiger partial charge in [-0.2, -0.15) is 0 Å². The second-order valence-electron chi connectivity index (χ2n) is 7.56. The molecule has 1 saturated heterocycles. The van der Waals surface area contributed by atoms with E-state index in [0.717, 1.165) is 11.1 Å². The van der Waals surface area contributed by atoms with E-state index in [2.05, 4.69) is 11.9 Å². The molecule has 2 heterocycles. The molecule has 0 saturated carbocycles. The van der Waals surface area contributed by atoms with Crippen molar-refractivity contribution in [2.45, 2.75) is 31.4 Å². The summed E-state index contributed by atoms with van der Waals surface area (Å²) >= 11 is 0. The largest absolute Gasteiger partial charge is 0.456 e. The molecular formula is C24H22N2O5S. The molecule has 0 aromatic heterocycles. The highest BCUT2D eigenvalue weighted by Crippen LogP contribution is 2.39. The Hall–Kier alpha value is -3.52. The number of amides is 2. The second kappa shape index (κ2) is 8.92. The molecule has 0 radical (unpaired) electrons. The highest BCUT2D eigenvalue weighted by Gasteiger charge is 2.57. The van der Waals surface area contributed by atoms with Crippen LogP contribution in [0.4, 0.5) is 0 Å². The average molecular weight is 451 g/mol. The van der Waals surface area contributed by atoms with Gasteiger partial charge in [-0.05, 0) is 23.6 Å². The van der Waals surface area contributed by atoms with E-state index >= 15 is 0 Å². The third-order valence-electron chi connectivity index (χ3n) is 5.45. The lowest BCUT2D eigenvalue weighted by Crippen LogP contribution is -2.73. The monoisotopic (exact) mass is 450 g/mol. The van der Waals surface area contributed by atoms with E-state index in [1.54, 1.807) is 6.92 Å². The lowest BCUT2D eigenvalue weighted by Gasteiger charge is -2.49. The SMILES string of the molecule is C=C1C(C)=C(C(=O)OCc2ccccc2)N2C(=O)[C@@H](NC(=O)Cc3ccccc3)[C@H]2S1=O. The number of β-lactam (4-membered cyclic amide) rings is 1. The van der Waals surface area contributed by atoms with E-state index in [4.69, 9.17) is 4.74 Å². The van der Waals surface area contributed by atoms with Gasteiger partial charge >= 0.3 is 5.97 Å². The number of rotatable bonds is 6. The molecule has 0 bridgehead atoms. The maximum atomic E-state index is 12.9. The zero-order chi connectivity index (χ0) is 22.8. The molecule has 8 heteroatoms. The first kappa shape index (κ1) is 21.7. The van der Waals surface area contributed by atoms with Gasteiger partial charge < -0.3 is 10.1 Å². The van der Waals surface area contributed by atoms with Crippen LogP contribution in [0.3, 0.4) is 0 Å². The van der Waals surface area contributed by atoms with Gasteiger partial charge in [0.25, 0.3) is 5.91 Å². The summed E-state index contributed by atoms with van der Waals surface area (Å²) in [5.74, 6) is -1.56. The Morgan fingerprint density at radius 2 is 1.66 bits per heavy atom. The smallest absolute Gasteiger partial charge is 0.355 e. The van der Waals surface area contributed by atoms with Gasteiger partial charge in [-0.1, -0.05) is 67.2 Å². The predicted octanol–water partition coefficient (Wildman–Crippen LogP) is 2.18. The van der Waals surface area contributed by atoms with Crippen LogP contribution in [0.1, 0.15) is 18.1 Å². The molecule has 4 rings (SSSR count). The van der Waals surface area contributed by atoms with Crippen molar-refractivity contribution in [1.29, 1.82) is 0 Å². The molecule has 2 aromatic rings. The number of nitrogens with one attached hydrogen (secondary N) is 1. The van der Waals surface area contributed by atoms with Crippen LogP contribution < -0.4 is 5.32 Å². The first-order valence-electron chi connectivity index (χ1n) is 10.1. The van der Waals surface area contributed by atoms with Crippen molar-refractivity contribution in [3.05, 3.63) is 94.5 Å². The van der Waals surface area contributed by atoms with Crippen molar-refractivity contribution in [1.82, 2.24) is 10.2 Å². The summed E-state index contributed by atoms with van der Waals surface area (Å²) in [7, 11) is -1.66. The van der Waals surface area contributed by atoms with Crippen molar-refractivity contribution in [3.63, 3.8) is 0 Å². The van der Waals surface area contributed by atoms with E-state index in [1.165, 1.54) is 4.90 Å². The van der Waals surface area contributed by atoms with Crippen LogP contribution in [0.2, 0.25) is 0 Å². The Labute approximate surface area is 188 Å². The molecule has 2 aliphatic rings. The van der Waals surface area contributed by atoms with Gasteiger partial charge in [0.1, 0.15) is 23.7 Å². The van der Waals surface area contributed by atoms with Gasteiger partial charge in [-0.15, -0.1) is 0 Å². The van der Waals surface area contributed by atoms with Gasteiger partial charge in [0.15, 0.2) is 0 Å². The molecule has 2 aromatic carbocycles. The molecule has 32 heavy (non-hydrogen) atoms.